The average molecular weight is 259 g/mol. The van der Waals surface area contributed by atoms with Crippen molar-refractivity contribution in [2.45, 2.75) is 38.9 Å². The summed E-state index contributed by atoms with van der Waals surface area (Å²) >= 11 is 0. The summed E-state index contributed by atoms with van der Waals surface area (Å²) in [6.45, 7) is 5.33. The van der Waals surface area contributed by atoms with Gasteiger partial charge in [-0.2, -0.15) is 13.2 Å². The van der Waals surface area contributed by atoms with Crippen molar-refractivity contribution in [1.29, 1.82) is 0 Å². The Morgan fingerprint density at radius 2 is 1.61 bits per heavy atom. The Bertz CT molecular complexity index is 409. The predicted octanol–water partition coefficient (Wildman–Crippen LogP) is 3.33. The number of amides is 1. The van der Waals surface area contributed by atoms with Crippen LogP contribution in [-0.2, 0) is 11.0 Å². The van der Waals surface area contributed by atoms with E-state index in [1.807, 2.05) is 13.8 Å². The Kier molecular flexibility index (Phi) is 4.38. The van der Waals surface area contributed by atoms with Crippen molar-refractivity contribution in [2.75, 3.05) is 0 Å². The zero-order chi connectivity index (χ0) is 13.9. The van der Waals surface area contributed by atoms with Crippen molar-refractivity contribution in [2.24, 2.45) is 0 Å². The zero-order valence-electron chi connectivity index (χ0n) is 10.5. The van der Waals surface area contributed by atoms with E-state index in [-0.39, 0.29) is 11.9 Å². The molecule has 0 radical (unpaired) electrons. The minimum absolute atomic E-state index is 0.00870. The molecular formula is C13H16F3NO. The van der Waals surface area contributed by atoms with Crippen molar-refractivity contribution in [3.63, 3.8) is 0 Å². The summed E-state index contributed by atoms with van der Waals surface area (Å²) in [6.07, 6.45) is -4.35. The van der Waals surface area contributed by atoms with Gasteiger partial charge < -0.3 is 5.32 Å². The van der Waals surface area contributed by atoms with Crippen molar-refractivity contribution in [3.8, 4) is 0 Å². The highest BCUT2D eigenvalue weighted by molar-refractivity contribution is 5.83. The Morgan fingerprint density at radius 1 is 1.11 bits per heavy atom. The number of benzene rings is 1. The van der Waals surface area contributed by atoms with Crippen LogP contribution >= 0.6 is 0 Å². The third-order valence-electron chi connectivity index (χ3n) is 2.56. The van der Waals surface area contributed by atoms with Gasteiger partial charge in [0.1, 0.15) is 0 Å². The second-order valence-electron chi connectivity index (χ2n) is 4.50. The van der Waals surface area contributed by atoms with E-state index in [0.717, 1.165) is 12.1 Å². The fourth-order valence-electron chi connectivity index (χ4n) is 1.52. The minimum atomic E-state index is -4.35. The first-order valence-corrected chi connectivity index (χ1v) is 5.69. The zero-order valence-corrected chi connectivity index (χ0v) is 10.5. The first kappa shape index (κ1) is 14.5. The molecule has 0 saturated heterocycles. The largest absolute Gasteiger partial charge is 0.416 e. The average Bonchev–Trinajstić information content (AvgIpc) is 2.26. The van der Waals surface area contributed by atoms with Crippen molar-refractivity contribution >= 4 is 5.91 Å². The van der Waals surface area contributed by atoms with Crippen LogP contribution in [0.2, 0.25) is 0 Å². The van der Waals surface area contributed by atoms with Gasteiger partial charge in [-0.25, -0.2) is 0 Å². The minimum Gasteiger partial charge on any atom is -0.353 e. The number of halogens is 3. The third kappa shape index (κ3) is 3.75. The number of carbonyl (C=O) groups is 1. The maximum absolute atomic E-state index is 12.4. The molecule has 100 valence electrons. The van der Waals surface area contributed by atoms with E-state index in [1.165, 1.54) is 12.1 Å². The standard InChI is InChI=1S/C13H16F3NO/c1-8(2)17-12(18)9(3)10-4-6-11(7-5-10)13(14,15)16/h4-9H,1-3H3,(H,17,18). The van der Waals surface area contributed by atoms with E-state index in [4.69, 9.17) is 0 Å². The van der Waals surface area contributed by atoms with Crippen LogP contribution in [0.4, 0.5) is 13.2 Å². The Hall–Kier alpha value is -1.52. The molecule has 1 amide bonds. The maximum Gasteiger partial charge on any atom is 0.416 e. The first-order valence-electron chi connectivity index (χ1n) is 5.69. The number of rotatable bonds is 3. The Labute approximate surface area is 104 Å². The number of alkyl halides is 3. The summed E-state index contributed by atoms with van der Waals surface area (Å²) in [5.74, 6) is -0.653. The predicted molar refractivity (Wildman–Crippen MR) is 63.1 cm³/mol. The molecule has 5 heteroatoms. The second-order valence-corrected chi connectivity index (χ2v) is 4.50. The molecule has 1 atom stereocenters. The van der Waals surface area contributed by atoms with E-state index >= 15 is 0 Å². The van der Waals surface area contributed by atoms with E-state index < -0.39 is 17.7 Å². The quantitative estimate of drug-likeness (QED) is 0.886. The van der Waals surface area contributed by atoms with Crippen molar-refractivity contribution in [3.05, 3.63) is 35.4 Å². The second kappa shape index (κ2) is 5.42. The molecule has 18 heavy (non-hydrogen) atoms. The summed E-state index contributed by atoms with van der Waals surface area (Å²) in [6, 6.07) is 4.68. The summed E-state index contributed by atoms with van der Waals surface area (Å²) in [5, 5.41) is 2.72. The van der Waals surface area contributed by atoms with Gasteiger partial charge >= 0.3 is 6.18 Å². The van der Waals surface area contributed by atoms with E-state index in [0.29, 0.717) is 5.56 Å². The fourth-order valence-corrected chi connectivity index (χ4v) is 1.52. The lowest BCUT2D eigenvalue weighted by Crippen LogP contribution is -2.33. The number of hydrogen-bond acceptors (Lipinski definition) is 1. The van der Waals surface area contributed by atoms with Gasteiger partial charge in [0.25, 0.3) is 0 Å². The molecule has 0 bridgehead atoms. The number of carbonyl (C=O) groups excluding carboxylic acids is 1. The van der Waals surface area contributed by atoms with Crippen LogP contribution in [0.1, 0.15) is 37.8 Å². The molecule has 1 unspecified atom stereocenters. The van der Waals surface area contributed by atoms with Gasteiger partial charge in [0, 0.05) is 6.04 Å². The fraction of sp³-hybridized carbons (Fsp3) is 0.462. The molecule has 0 aliphatic carbocycles. The Balaban J connectivity index is 2.82. The Morgan fingerprint density at radius 3 is 2.00 bits per heavy atom. The van der Waals surface area contributed by atoms with Gasteiger partial charge in [0.05, 0.1) is 11.5 Å². The summed E-state index contributed by atoms with van der Waals surface area (Å²) in [4.78, 5) is 11.7. The SMILES string of the molecule is CC(C)NC(=O)C(C)c1ccc(C(F)(F)F)cc1. The molecule has 1 rings (SSSR count). The molecule has 0 spiro atoms. The highest BCUT2D eigenvalue weighted by Gasteiger charge is 2.30. The van der Waals surface area contributed by atoms with Gasteiger partial charge in [-0.05, 0) is 38.5 Å². The molecule has 1 aromatic rings. The van der Waals surface area contributed by atoms with Crippen LogP contribution in [0.3, 0.4) is 0 Å². The van der Waals surface area contributed by atoms with Gasteiger partial charge in [-0.15, -0.1) is 0 Å². The first-order chi connectivity index (χ1) is 8.21. The smallest absolute Gasteiger partial charge is 0.353 e. The third-order valence-corrected chi connectivity index (χ3v) is 2.56. The number of nitrogens with one attached hydrogen (secondary N) is 1. The van der Waals surface area contributed by atoms with Crippen molar-refractivity contribution in [1.82, 2.24) is 5.32 Å². The highest BCUT2D eigenvalue weighted by atomic mass is 19.4. The molecule has 0 aromatic heterocycles. The van der Waals surface area contributed by atoms with Crippen LogP contribution in [0.5, 0.6) is 0 Å². The van der Waals surface area contributed by atoms with Crippen LogP contribution in [0.25, 0.3) is 0 Å². The lowest BCUT2D eigenvalue weighted by molar-refractivity contribution is -0.137. The molecule has 0 fully saturated rings. The summed E-state index contributed by atoms with van der Waals surface area (Å²) in [7, 11) is 0. The molecule has 0 aliphatic rings. The maximum atomic E-state index is 12.4. The summed E-state index contributed by atoms with van der Waals surface area (Å²) < 4.78 is 37.1. The van der Waals surface area contributed by atoms with Crippen LogP contribution in [0, 0.1) is 0 Å². The van der Waals surface area contributed by atoms with E-state index in [9.17, 15) is 18.0 Å². The molecule has 1 aromatic carbocycles. The summed E-state index contributed by atoms with van der Waals surface area (Å²) in [5.41, 5.74) is -0.135. The highest BCUT2D eigenvalue weighted by Crippen LogP contribution is 2.30. The molecule has 0 aliphatic heterocycles. The lowest BCUT2D eigenvalue weighted by Gasteiger charge is -2.15. The van der Waals surface area contributed by atoms with Gasteiger partial charge in [-0.3, -0.25) is 4.79 Å². The van der Waals surface area contributed by atoms with Gasteiger partial charge in [0.15, 0.2) is 0 Å². The number of hydrogen-bond donors (Lipinski definition) is 1. The molecule has 0 heterocycles. The topological polar surface area (TPSA) is 29.1 Å². The van der Waals surface area contributed by atoms with E-state index in [2.05, 4.69) is 5.32 Å². The van der Waals surface area contributed by atoms with Crippen LogP contribution in [0.15, 0.2) is 24.3 Å². The molecule has 1 N–H and O–H groups in total. The monoisotopic (exact) mass is 259 g/mol. The molecule has 0 saturated carbocycles. The van der Waals surface area contributed by atoms with Crippen molar-refractivity contribution < 1.29 is 18.0 Å². The molecule has 2 nitrogen and oxygen atoms in total. The molecular weight excluding hydrogens is 243 g/mol. The van der Waals surface area contributed by atoms with E-state index in [1.54, 1.807) is 6.92 Å². The van der Waals surface area contributed by atoms with Crippen LogP contribution < -0.4 is 5.32 Å². The van der Waals surface area contributed by atoms with Crippen LogP contribution in [-0.4, -0.2) is 11.9 Å². The lowest BCUT2D eigenvalue weighted by atomic mass is 9.98. The van der Waals surface area contributed by atoms with Gasteiger partial charge in [0.2, 0.25) is 5.91 Å². The van der Waals surface area contributed by atoms with Gasteiger partial charge in [-0.1, -0.05) is 12.1 Å². The normalized spacial score (nSPS) is 13.5.